The van der Waals surface area contributed by atoms with Gasteiger partial charge in [-0.25, -0.2) is 0 Å². The highest BCUT2D eigenvalue weighted by atomic mass is 14.8. The highest BCUT2D eigenvalue weighted by Gasteiger charge is 2.13. The molecule has 294 valence electrons. The average Bonchev–Trinajstić information content (AvgIpc) is 3.29. The van der Waals surface area contributed by atoms with Gasteiger partial charge in [-0.15, -0.1) is 0 Å². The number of aliphatic imine (C=N–C) groups is 2. The fourth-order valence-electron chi connectivity index (χ4n) is 7.33. The van der Waals surface area contributed by atoms with Gasteiger partial charge in [-0.3, -0.25) is 9.98 Å². The molecular formula is C57H56N2. The molecule has 2 nitrogen and oxygen atoms in total. The van der Waals surface area contributed by atoms with Crippen molar-refractivity contribution in [3.05, 3.63) is 204 Å². The van der Waals surface area contributed by atoms with Crippen LogP contribution in [-0.4, -0.2) is 12.4 Å². The second-order valence-corrected chi connectivity index (χ2v) is 14.9. The second-order valence-electron chi connectivity index (χ2n) is 14.9. The topological polar surface area (TPSA) is 24.7 Å². The van der Waals surface area contributed by atoms with Crippen LogP contribution in [0.2, 0.25) is 0 Å². The molecule has 2 heteroatoms. The normalized spacial score (nSPS) is 11.8. The molecule has 0 bridgehead atoms. The lowest BCUT2D eigenvalue weighted by Gasteiger charge is -2.15. The fraction of sp³-hybridized carbons (Fsp3) is 0.158. The van der Waals surface area contributed by atoms with Crippen molar-refractivity contribution < 1.29 is 0 Å². The lowest BCUT2D eigenvalue weighted by atomic mass is 9.90. The molecule has 0 aliphatic heterocycles. The third-order valence-corrected chi connectivity index (χ3v) is 10.1. The van der Waals surface area contributed by atoms with E-state index in [1.807, 2.05) is 44.2 Å². The molecule has 0 aliphatic rings. The van der Waals surface area contributed by atoms with Crippen LogP contribution >= 0.6 is 0 Å². The summed E-state index contributed by atoms with van der Waals surface area (Å²) in [6, 6.07) is 56.6. The van der Waals surface area contributed by atoms with Crippen molar-refractivity contribution in [2.45, 2.75) is 61.4 Å². The smallest absolute Gasteiger partial charge is 0.0716 e. The Kier molecular flexibility index (Phi) is 14.4. The highest BCUT2D eigenvalue weighted by molar-refractivity contribution is 6.23. The van der Waals surface area contributed by atoms with Gasteiger partial charge in [-0.05, 0) is 147 Å². The van der Waals surface area contributed by atoms with Crippen molar-refractivity contribution in [3.63, 3.8) is 0 Å². The van der Waals surface area contributed by atoms with E-state index in [9.17, 15) is 0 Å². The van der Waals surface area contributed by atoms with Crippen LogP contribution in [0.3, 0.4) is 0 Å². The Morgan fingerprint density at radius 3 is 1.61 bits per heavy atom. The number of hydrogen-bond acceptors (Lipinski definition) is 2. The minimum absolute atomic E-state index is 0.494. The van der Waals surface area contributed by atoms with Crippen LogP contribution in [0.4, 0.5) is 0 Å². The van der Waals surface area contributed by atoms with Gasteiger partial charge in [0.2, 0.25) is 0 Å². The van der Waals surface area contributed by atoms with Crippen molar-refractivity contribution >= 4 is 56.0 Å². The van der Waals surface area contributed by atoms with Crippen molar-refractivity contribution in [2.75, 3.05) is 0 Å². The lowest BCUT2D eigenvalue weighted by molar-refractivity contribution is 1.07. The Labute approximate surface area is 352 Å². The molecule has 8 aromatic rings. The molecule has 0 unspecified atom stereocenters. The molecular weight excluding hydrogens is 713 g/mol. The third-order valence-electron chi connectivity index (χ3n) is 10.1. The minimum atomic E-state index is 0.494. The molecule has 0 aliphatic carbocycles. The van der Waals surface area contributed by atoms with Gasteiger partial charge in [-0.2, -0.15) is 0 Å². The average molecular weight is 769 g/mol. The zero-order valence-electron chi connectivity index (χ0n) is 35.8. The van der Waals surface area contributed by atoms with E-state index in [0.29, 0.717) is 6.54 Å². The summed E-state index contributed by atoms with van der Waals surface area (Å²) in [6.07, 6.45) is 7.68. The molecule has 0 spiro atoms. The SMILES string of the molecule is C=N/C(=C\C(=NCc1cc(-c2cccc(/C(C)=C/C=C(C)C)c2)cc(-c2cc3ccc4cccc5ccc(c2)c3c45)c1)c1ccccc1)c1ccccc1.CC.CCC. The summed E-state index contributed by atoms with van der Waals surface area (Å²) in [4.78, 5) is 9.70. The minimum Gasteiger partial charge on any atom is -0.280 e. The van der Waals surface area contributed by atoms with Crippen molar-refractivity contribution in [2.24, 2.45) is 9.98 Å². The van der Waals surface area contributed by atoms with Crippen LogP contribution < -0.4 is 0 Å². The van der Waals surface area contributed by atoms with Gasteiger partial charge in [0.1, 0.15) is 0 Å². The van der Waals surface area contributed by atoms with E-state index < -0.39 is 0 Å². The van der Waals surface area contributed by atoms with Crippen LogP contribution in [0, 0.1) is 0 Å². The Morgan fingerprint density at radius 1 is 0.508 bits per heavy atom. The Bertz CT molecular complexity index is 2710. The summed E-state index contributed by atoms with van der Waals surface area (Å²) in [5.41, 5.74) is 13.2. The Morgan fingerprint density at radius 2 is 1.02 bits per heavy atom. The van der Waals surface area contributed by atoms with Crippen LogP contribution in [0.1, 0.15) is 77.1 Å². The highest BCUT2D eigenvalue weighted by Crippen LogP contribution is 2.38. The molecule has 8 rings (SSSR count). The molecule has 0 fully saturated rings. The largest absolute Gasteiger partial charge is 0.280 e. The first kappa shape index (κ1) is 42.0. The van der Waals surface area contributed by atoms with Crippen LogP contribution in [-0.2, 0) is 6.54 Å². The standard InChI is InChI=1S/C52H42N2.C3H8.C2H6/c1-35(2)21-22-36(3)42-19-12-20-43(29-42)46-27-37(34-54-50(39-15-9-6-10-16-39)33-49(53-4)38-13-7-5-8-14-38)28-47(32-46)48-30-44-25-23-40-17-11-18-41-24-26-45(31-48)52(44)51(40)41;1-3-2;1-2/h5-33H,4,34H2,1-3H3;3H2,1-2H3;1-2H3/b36-22+,49-33-,54-50?;;. The maximum atomic E-state index is 5.28. The Balaban J connectivity index is 0.00000112. The molecule has 59 heavy (non-hydrogen) atoms. The van der Waals surface area contributed by atoms with E-state index in [-0.39, 0.29) is 0 Å². The van der Waals surface area contributed by atoms with Gasteiger partial charge in [0.25, 0.3) is 0 Å². The summed E-state index contributed by atoms with van der Waals surface area (Å²) in [6.45, 7) is 19.1. The lowest BCUT2D eigenvalue weighted by Crippen LogP contribution is -2.00. The first-order chi connectivity index (χ1) is 28.8. The summed E-state index contributed by atoms with van der Waals surface area (Å²) in [5.74, 6) is 0. The number of benzene rings is 8. The van der Waals surface area contributed by atoms with Crippen molar-refractivity contribution in [1.82, 2.24) is 0 Å². The fourth-order valence-corrected chi connectivity index (χ4v) is 7.33. The van der Waals surface area contributed by atoms with Gasteiger partial charge >= 0.3 is 0 Å². The first-order valence-corrected chi connectivity index (χ1v) is 20.9. The monoisotopic (exact) mass is 768 g/mol. The maximum Gasteiger partial charge on any atom is 0.0716 e. The van der Waals surface area contributed by atoms with Crippen molar-refractivity contribution in [3.8, 4) is 22.3 Å². The molecule has 0 atom stereocenters. The summed E-state index contributed by atoms with van der Waals surface area (Å²) < 4.78 is 0. The molecule has 0 saturated heterocycles. The van der Waals surface area contributed by atoms with E-state index in [4.69, 9.17) is 4.99 Å². The number of nitrogens with zero attached hydrogens (tertiary/aromatic N) is 2. The van der Waals surface area contributed by atoms with Gasteiger partial charge in [0, 0.05) is 5.56 Å². The van der Waals surface area contributed by atoms with E-state index in [2.05, 4.69) is 192 Å². The van der Waals surface area contributed by atoms with Crippen LogP contribution in [0.5, 0.6) is 0 Å². The maximum absolute atomic E-state index is 5.28. The summed E-state index contributed by atoms with van der Waals surface area (Å²) >= 11 is 0. The van der Waals surface area contributed by atoms with E-state index in [1.165, 1.54) is 72.1 Å². The quantitative estimate of drug-likeness (QED) is 0.0752. The third kappa shape index (κ3) is 10.1. The van der Waals surface area contributed by atoms with Gasteiger partial charge in [0.15, 0.2) is 0 Å². The summed E-state index contributed by atoms with van der Waals surface area (Å²) in [5, 5.41) is 7.72. The first-order valence-electron chi connectivity index (χ1n) is 20.9. The second kappa shape index (κ2) is 20.2. The van der Waals surface area contributed by atoms with Gasteiger partial charge in [0.05, 0.1) is 18.0 Å². The zero-order chi connectivity index (χ0) is 41.7. The number of allylic oxidation sites excluding steroid dienone is 5. The molecule has 0 aromatic heterocycles. The zero-order valence-corrected chi connectivity index (χ0v) is 35.8. The van der Waals surface area contributed by atoms with Gasteiger partial charge in [-0.1, -0.05) is 173 Å². The van der Waals surface area contributed by atoms with E-state index in [1.54, 1.807) is 0 Å². The van der Waals surface area contributed by atoms with E-state index >= 15 is 0 Å². The molecule has 0 radical (unpaired) electrons. The summed E-state index contributed by atoms with van der Waals surface area (Å²) in [7, 11) is 0. The Hall–Kier alpha value is -6.64. The molecule has 0 heterocycles. The molecule has 0 N–H and O–H groups in total. The van der Waals surface area contributed by atoms with Crippen LogP contribution in [0.25, 0.3) is 65.8 Å². The molecule has 0 amide bonds. The van der Waals surface area contributed by atoms with Crippen molar-refractivity contribution in [1.29, 1.82) is 0 Å². The van der Waals surface area contributed by atoms with E-state index in [0.717, 1.165) is 33.7 Å². The van der Waals surface area contributed by atoms with Gasteiger partial charge < -0.3 is 0 Å². The predicted octanol–water partition coefficient (Wildman–Crippen LogP) is 16.5. The molecule has 8 aromatic carbocycles. The van der Waals surface area contributed by atoms with Crippen LogP contribution in [0.15, 0.2) is 192 Å². The number of rotatable bonds is 10. The predicted molar refractivity (Wildman–Crippen MR) is 262 cm³/mol. The number of hydrogen-bond donors (Lipinski definition) is 0. The molecule has 0 saturated carbocycles.